The zero-order valence-corrected chi connectivity index (χ0v) is 11.8. The van der Waals surface area contributed by atoms with Gasteiger partial charge in [-0.25, -0.2) is 4.79 Å². The summed E-state index contributed by atoms with van der Waals surface area (Å²) in [6.45, 7) is 6.14. The first-order valence-electron chi connectivity index (χ1n) is 5.28. The lowest BCUT2D eigenvalue weighted by atomic mass is 10.4. The van der Waals surface area contributed by atoms with Crippen molar-refractivity contribution < 1.29 is 23.4 Å². The fraction of sp³-hybridized carbons (Fsp3) is 0.636. The third-order valence-electron chi connectivity index (χ3n) is 1.77. The molecule has 0 N–H and O–H groups in total. The van der Waals surface area contributed by atoms with E-state index in [-0.39, 0.29) is 6.61 Å². The summed E-state index contributed by atoms with van der Waals surface area (Å²) in [7, 11) is 4.19. The van der Waals surface area contributed by atoms with Crippen LogP contribution in [0.5, 0.6) is 0 Å². The zero-order valence-electron chi connectivity index (χ0n) is 10.9. The van der Waals surface area contributed by atoms with Crippen molar-refractivity contribution in [2.45, 2.75) is 6.92 Å². The normalized spacial score (nSPS) is 12.4. The summed E-state index contributed by atoms with van der Waals surface area (Å²) >= 11 is 0. The van der Waals surface area contributed by atoms with E-state index in [0.717, 1.165) is 11.0 Å². The molecule has 17 heavy (non-hydrogen) atoms. The Morgan fingerprint density at radius 3 is 2.53 bits per heavy atom. The van der Waals surface area contributed by atoms with Crippen molar-refractivity contribution in [2.24, 2.45) is 0 Å². The van der Waals surface area contributed by atoms with Crippen molar-refractivity contribution in [2.75, 3.05) is 40.9 Å². The lowest BCUT2D eigenvalue weighted by Crippen LogP contribution is -2.37. The summed E-state index contributed by atoms with van der Waals surface area (Å²) in [6.07, 6.45) is 0. The standard InChI is InChI=1S/C11H21NO4P/c1-10(2)11(13)15-8-9-17(14)16-7-6-12(3,4)5/h9H,1,6-8H2,2-5H3/q+1. The van der Waals surface area contributed by atoms with Gasteiger partial charge in [-0.2, -0.15) is 4.52 Å². The Hall–Kier alpha value is -0.740. The Kier molecular flexibility index (Phi) is 7.23. The molecule has 0 aliphatic carbocycles. The van der Waals surface area contributed by atoms with Gasteiger partial charge < -0.3 is 14.1 Å². The van der Waals surface area contributed by atoms with E-state index in [0.29, 0.717) is 12.2 Å². The predicted molar refractivity (Wildman–Crippen MR) is 67.6 cm³/mol. The lowest BCUT2D eigenvalue weighted by molar-refractivity contribution is -0.870. The van der Waals surface area contributed by atoms with Crippen LogP contribution in [0.3, 0.4) is 0 Å². The van der Waals surface area contributed by atoms with E-state index in [9.17, 15) is 9.69 Å². The molecular formula is C11H21NO4P+. The smallest absolute Gasteiger partial charge is 0.333 e. The Balaban J connectivity index is 3.80. The highest BCUT2D eigenvalue weighted by Crippen LogP contribution is 2.11. The largest absolute Gasteiger partial charge is 0.603 e. The average molecular weight is 262 g/mol. The third-order valence-corrected chi connectivity index (χ3v) is 2.65. The minimum atomic E-state index is -1.88. The Labute approximate surface area is 104 Å². The maximum atomic E-state index is 11.3. The molecular weight excluding hydrogens is 241 g/mol. The van der Waals surface area contributed by atoms with Crippen LogP contribution in [0.15, 0.2) is 12.2 Å². The van der Waals surface area contributed by atoms with Gasteiger partial charge in [0.05, 0.1) is 21.1 Å². The summed E-state index contributed by atoms with van der Waals surface area (Å²) in [4.78, 5) is 22.3. The second-order valence-corrected chi connectivity index (χ2v) is 5.89. The SMILES string of the molecule is C=C(C)C(=O)OCC=[P+]([O-])OCC[N+](C)(C)C. The number of ether oxygens (including phenoxy) is 1. The van der Waals surface area contributed by atoms with Crippen molar-refractivity contribution in [3.8, 4) is 0 Å². The maximum absolute atomic E-state index is 11.3. The molecule has 0 rings (SSSR count). The van der Waals surface area contributed by atoms with Gasteiger partial charge in [0.1, 0.15) is 13.2 Å². The van der Waals surface area contributed by atoms with Gasteiger partial charge in [-0.15, -0.1) is 0 Å². The number of carbonyl (C=O) groups is 1. The van der Waals surface area contributed by atoms with E-state index < -0.39 is 14.0 Å². The number of rotatable bonds is 7. The average Bonchev–Trinajstić information content (AvgIpc) is 2.15. The third kappa shape index (κ3) is 10.1. The van der Waals surface area contributed by atoms with E-state index in [2.05, 4.69) is 6.58 Å². The minimum Gasteiger partial charge on any atom is -0.603 e. The number of hydrogen-bond acceptors (Lipinski definition) is 4. The highest BCUT2D eigenvalue weighted by atomic mass is 31.1. The van der Waals surface area contributed by atoms with Crippen molar-refractivity contribution >= 4 is 19.8 Å². The number of esters is 1. The van der Waals surface area contributed by atoms with E-state index in [1.807, 2.05) is 21.1 Å². The summed E-state index contributed by atoms with van der Waals surface area (Å²) in [5, 5.41) is 0. The molecule has 0 aliphatic heterocycles. The predicted octanol–water partition coefficient (Wildman–Crippen LogP) is 0.303. The molecule has 0 fully saturated rings. The van der Waals surface area contributed by atoms with E-state index >= 15 is 0 Å². The van der Waals surface area contributed by atoms with Gasteiger partial charge in [0.2, 0.25) is 8.00 Å². The maximum Gasteiger partial charge on any atom is 0.333 e. The van der Waals surface area contributed by atoms with Crippen molar-refractivity contribution in [3.05, 3.63) is 12.2 Å². The molecule has 6 heteroatoms. The number of nitrogens with zero attached hydrogens (tertiary/aromatic N) is 1. The lowest BCUT2D eigenvalue weighted by Gasteiger charge is -2.22. The van der Waals surface area contributed by atoms with Gasteiger partial charge in [-0.1, -0.05) is 6.58 Å². The van der Waals surface area contributed by atoms with Crippen LogP contribution in [0.4, 0.5) is 0 Å². The van der Waals surface area contributed by atoms with Crippen LogP contribution in [0, 0.1) is 0 Å². The first-order valence-corrected chi connectivity index (χ1v) is 6.53. The Bertz CT molecular complexity index is 307. The van der Waals surface area contributed by atoms with Crippen LogP contribution >= 0.6 is 8.00 Å². The quantitative estimate of drug-likeness (QED) is 0.287. The molecule has 1 unspecified atom stereocenters. The minimum absolute atomic E-state index is 0.0225. The van der Waals surface area contributed by atoms with Crippen LogP contribution in [0.1, 0.15) is 6.92 Å². The molecule has 0 amide bonds. The number of hydrogen-bond donors (Lipinski definition) is 0. The zero-order chi connectivity index (χ0) is 13.5. The van der Waals surface area contributed by atoms with Crippen molar-refractivity contribution in [1.29, 1.82) is 0 Å². The molecule has 98 valence electrons. The fourth-order valence-corrected chi connectivity index (χ4v) is 1.32. The van der Waals surface area contributed by atoms with Gasteiger partial charge in [0.15, 0.2) is 12.4 Å². The molecule has 1 atom stereocenters. The second-order valence-electron chi connectivity index (χ2n) is 4.69. The summed E-state index contributed by atoms with van der Waals surface area (Å²) in [6, 6.07) is 0. The monoisotopic (exact) mass is 262 g/mol. The molecule has 0 spiro atoms. The van der Waals surface area contributed by atoms with Gasteiger partial charge in [0, 0.05) is 5.57 Å². The number of likely N-dealkylation sites (N-methyl/N-ethyl adjacent to an activating group) is 1. The fourth-order valence-electron chi connectivity index (χ4n) is 0.754. The van der Waals surface area contributed by atoms with Crippen LogP contribution < -0.4 is 4.89 Å². The van der Waals surface area contributed by atoms with E-state index in [1.165, 1.54) is 5.80 Å². The van der Waals surface area contributed by atoms with E-state index in [1.54, 1.807) is 6.92 Å². The van der Waals surface area contributed by atoms with Crippen LogP contribution in [0.25, 0.3) is 0 Å². The summed E-state index contributed by atoms with van der Waals surface area (Å²) in [5.74, 6) is 0.849. The molecule has 0 bridgehead atoms. The van der Waals surface area contributed by atoms with Gasteiger partial charge in [0.25, 0.3) is 0 Å². The van der Waals surface area contributed by atoms with Crippen LogP contribution in [-0.2, 0) is 14.1 Å². The molecule has 5 nitrogen and oxygen atoms in total. The summed E-state index contributed by atoms with van der Waals surface area (Å²) in [5.41, 5.74) is 0.319. The highest BCUT2D eigenvalue weighted by Gasteiger charge is 2.09. The summed E-state index contributed by atoms with van der Waals surface area (Å²) < 4.78 is 10.6. The Morgan fingerprint density at radius 2 is 2.06 bits per heavy atom. The molecule has 0 aromatic heterocycles. The highest BCUT2D eigenvalue weighted by molar-refractivity contribution is 7.44. The van der Waals surface area contributed by atoms with Gasteiger partial charge >= 0.3 is 5.97 Å². The van der Waals surface area contributed by atoms with Crippen molar-refractivity contribution in [1.82, 2.24) is 0 Å². The molecule has 0 aliphatic rings. The van der Waals surface area contributed by atoms with E-state index in [4.69, 9.17) is 9.26 Å². The molecule has 0 aromatic carbocycles. The van der Waals surface area contributed by atoms with Crippen molar-refractivity contribution in [3.63, 3.8) is 0 Å². The molecule has 0 heterocycles. The molecule has 0 aromatic rings. The van der Waals surface area contributed by atoms with Gasteiger partial charge in [-0.3, -0.25) is 0 Å². The van der Waals surface area contributed by atoms with Crippen LogP contribution in [-0.4, -0.2) is 57.2 Å². The Morgan fingerprint density at radius 1 is 1.47 bits per heavy atom. The molecule has 0 saturated heterocycles. The molecule has 0 saturated carbocycles. The topological polar surface area (TPSA) is 58.6 Å². The van der Waals surface area contributed by atoms with Crippen LogP contribution in [0.2, 0.25) is 0 Å². The molecule has 0 radical (unpaired) electrons. The number of carbonyl (C=O) groups excluding carboxylic acids is 1. The van der Waals surface area contributed by atoms with Gasteiger partial charge in [-0.05, 0) is 6.92 Å². The number of quaternary nitrogens is 1. The second kappa shape index (κ2) is 7.56. The first-order chi connectivity index (χ1) is 7.72. The first kappa shape index (κ1) is 16.3.